The van der Waals surface area contributed by atoms with Gasteiger partial charge in [-0.3, -0.25) is 14.4 Å². The molecule has 2 aromatic carbocycles. The lowest BCUT2D eigenvalue weighted by molar-refractivity contribution is -0.154. The number of rotatable bonds is 6. The number of Topliss-reactive ketones (excluding diaryl/α,β-unsaturated/α-hetero) is 1. The number of ether oxygens (including phenoxy) is 3. The zero-order valence-electron chi connectivity index (χ0n) is 17.5. The third-order valence-electron chi connectivity index (χ3n) is 6.78. The first-order valence-corrected chi connectivity index (χ1v) is 10.7. The Labute approximate surface area is 184 Å². The van der Waals surface area contributed by atoms with Crippen molar-refractivity contribution in [2.75, 3.05) is 6.61 Å². The van der Waals surface area contributed by atoms with Gasteiger partial charge in [-0.2, -0.15) is 0 Å². The van der Waals surface area contributed by atoms with Crippen LogP contribution in [0, 0.1) is 30.6 Å². The maximum absolute atomic E-state index is 12.6. The fraction of sp³-hybridized carbons (Fsp3) is 0.360. The first-order valence-electron chi connectivity index (χ1n) is 10.7. The molecule has 164 valence electrons. The van der Waals surface area contributed by atoms with Gasteiger partial charge < -0.3 is 14.2 Å². The quantitative estimate of drug-likeness (QED) is 0.391. The van der Waals surface area contributed by atoms with Crippen LogP contribution >= 0.6 is 0 Å². The van der Waals surface area contributed by atoms with Crippen molar-refractivity contribution in [1.82, 2.24) is 0 Å². The van der Waals surface area contributed by atoms with Crippen LogP contribution in [0.1, 0.15) is 39.1 Å². The Bertz CT molecular complexity index is 1080. The van der Waals surface area contributed by atoms with E-state index in [1.165, 1.54) is 24.3 Å². The van der Waals surface area contributed by atoms with E-state index < -0.39 is 30.4 Å². The molecule has 7 heteroatoms. The number of hydrogen-bond acceptors (Lipinski definition) is 7. The second kappa shape index (κ2) is 7.89. The van der Waals surface area contributed by atoms with Gasteiger partial charge >= 0.3 is 17.9 Å². The van der Waals surface area contributed by atoms with Gasteiger partial charge in [0.15, 0.2) is 12.4 Å². The molecule has 0 spiro atoms. The minimum atomic E-state index is -0.511. The predicted molar refractivity (Wildman–Crippen MR) is 111 cm³/mol. The van der Waals surface area contributed by atoms with Gasteiger partial charge in [0.05, 0.1) is 17.4 Å². The van der Waals surface area contributed by atoms with Gasteiger partial charge in [0.1, 0.15) is 11.9 Å². The summed E-state index contributed by atoms with van der Waals surface area (Å²) in [5, 5.41) is 0. The van der Waals surface area contributed by atoms with Crippen LogP contribution in [-0.4, -0.2) is 36.4 Å². The monoisotopic (exact) mass is 434 g/mol. The molecule has 2 aromatic rings. The Morgan fingerprint density at radius 2 is 1.66 bits per heavy atom. The van der Waals surface area contributed by atoms with Crippen LogP contribution in [0.5, 0.6) is 5.75 Å². The third kappa shape index (κ3) is 3.57. The highest BCUT2D eigenvalue weighted by Gasteiger charge is 2.64. The summed E-state index contributed by atoms with van der Waals surface area (Å²) < 4.78 is 15.9. The first kappa shape index (κ1) is 20.4. The molecule has 0 unspecified atom stereocenters. The van der Waals surface area contributed by atoms with Crippen molar-refractivity contribution >= 4 is 23.7 Å². The van der Waals surface area contributed by atoms with Gasteiger partial charge in [0, 0.05) is 11.5 Å². The molecule has 2 aliphatic carbocycles. The molecule has 5 rings (SSSR count). The normalized spacial score (nSPS) is 27.2. The number of ketones is 1. The topological polar surface area (TPSA) is 96.0 Å². The molecule has 1 aliphatic heterocycles. The molecule has 5 atom stereocenters. The Morgan fingerprint density at radius 3 is 2.38 bits per heavy atom. The number of carbonyl (C=O) groups is 4. The standard InChI is InChI=1S/C25H22O7/c1-13-2-4-15(5-3-13)23(27)31-17-8-6-14(7-9-17)19(26)12-30-24(28)21-16-10-18-20(11-16)32-25(29)22(18)21/h2-9,16,18,20-22H,10-12H2,1H3/t16-,18+,20+,21-,22+/m1/s1. The van der Waals surface area contributed by atoms with Crippen molar-refractivity contribution in [2.45, 2.75) is 25.9 Å². The number of esters is 3. The number of aryl methyl sites for hydroxylation is 1. The average molecular weight is 434 g/mol. The van der Waals surface area contributed by atoms with Gasteiger partial charge in [0.25, 0.3) is 0 Å². The molecule has 1 saturated heterocycles. The van der Waals surface area contributed by atoms with Crippen molar-refractivity contribution in [3.05, 3.63) is 65.2 Å². The van der Waals surface area contributed by atoms with Crippen LogP contribution in [0.3, 0.4) is 0 Å². The molecule has 0 N–H and O–H groups in total. The highest BCUT2D eigenvalue weighted by molar-refractivity contribution is 5.98. The average Bonchev–Trinajstić information content (AvgIpc) is 3.41. The van der Waals surface area contributed by atoms with Gasteiger partial charge in [-0.15, -0.1) is 0 Å². The minimum Gasteiger partial charge on any atom is -0.462 e. The van der Waals surface area contributed by atoms with Gasteiger partial charge in [-0.25, -0.2) is 4.79 Å². The molecule has 1 heterocycles. The molecule has 3 aliphatic rings. The molecule has 3 fully saturated rings. The second-order valence-electron chi connectivity index (χ2n) is 8.73. The molecule has 2 bridgehead atoms. The van der Waals surface area contributed by atoms with E-state index in [4.69, 9.17) is 14.2 Å². The molecule has 0 radical (unpaired) electrons. The van der Waals surface area contributed by atoms with E-state index in [2.05, 4.69) is 0 Å². The van der Waals surface area contributed by atoms with Crippen LogP contribution < -0.4 is 4.74 Å². The zero-order valence-corrected chi connectivity index (χ0v) is 17.5. The van der Waals surface area contributed by atoms with E-state index >= 15 is 0 Å². The van der Waals surface area contributed by atoms with Crippen molar-refractivity contribution in [2.24, 2.45) is 23.7 Å². The van der Waals surface area contributed by atoms with Gasteiger partial charge in [-0.05, 0) is 62.1 Å². The molecular weight excluding hydrogens is 412 g/mol. The smallest absolute Gasteiger partial charge is 0.343 e. The number of benzene rings is 2. The highest BCUT2D eigenvalue weighted by atomic mass is 16.6. The first-order chi connectivity index (χ1) is 15.4. The van der Waals surface area contributed by atoms with E-state index in [1.807, 2.05) is 19.1 Å². The largest absolute Gasteiger partial charge is 0.462 e. The number of carbonyl (C=O) groups excluding carboxylic acids is 4. The Kier molecular flexibility index (Phi) is 5.04. The van der Waals surface area contributed by atoms with Crippen LogP contribution in [0.2, 0.25) is 0 Å². The van der Waals surface area contributed by atoms with Gasteiger partial charge in [-0.1, -0.05) is 17.7 Å². The van der Waals surface area contributed by atoms with Crippen molar-refractivity contribution < 1.29 is 33.4 Å². The lowest BCUT2D eigenvalue weighted by Gasteiger charge is -2.22. The summed E-state index contributed by atoms with van der Waals surface area (Å²) in [4.78, 5) is 49.3. The summed E-state index contributed by atoms with van der Waals surface area (Å²) in [6.45, 7) is 1.53. The van der Waals surface area contributed by atoms with Crippen molar-refractivity contribution in [1.29, 1.82) is 0 Å². The second-order valence-corrected chi connectivity index (χ2v) is 8.73. The summed E-state index contributed by atoms with van der Waals surface area (Å²) in [7, 11) is 0. The maximum atomic E-state index is 12.6. The van der Waals surface area contributed by atoms with E-state index in [9.17, 15) is 19.2 Å². The SMILES string of the molecule is Cc1ccc(C(=O)Oc2ccc(C(=O)COC(=O)[C@@H]3[C@@H]4C[C@@H]5[C@@H]3C(=O)O[C@H]5C4)cc2)cc1. The number of fused-ring (bicyclic) bond motifs is 1. The molecule has 0 amide bonds. The van der Waals surface area contributed by atoms with E-state index in [0.29, 0.717) is 23.3 Å². The van der Waals surface area contributed by atoms with Crippen LogP contribution in [0.25, 0.3) is 0 Å². The maximum Gasteiger partial charge on any atom is 0.343 e. The van der Waals surface area contributed by atoms with E-state index in [0.717, 1.165) is 12.0 Å². The number of hydrogen-bond donors (Lipinski definition) is 0. The predicted octanol–water partition coefficient (Wildman–Crippen LogP) is 3.14. The highest BCUT2D eigenvalue weighted by Crippen LogP contribution is 2.57. The minimum absolute atomic E-state index is 0.0539. The Hall–Kier alpha value is -3.48. The van der Waals surface area contributed by atoms with Gasteiger partial charge in [0.2, 0.25) is 0 Å². The van der Waals surface area contributed by atoms with Crippen LogP contribution in [0.15, 0.2) is 48.5 Å². The molecule has 2 saturated carbocycles. The molecular formula is C25H22O7. The third-order valence-corrected chi connectivity index (χ3v) is 6.78. The summed E-state index contributed by atoms with van der Waals surface area (Å²) in [5.74, 6) is -2.11. The van der Waals surface area contributed by atoms with Crippen molar-refractivity contribution in [3.63, 3.8) is 0 Å². The summed E-state index contributed by atoms with van der Waals surface area (Å²) in [6.07, 6.45) is 1.45. The van der Waals surface area contributed by atoms with E-state index in [1.54, 1.807) is 12.1 Å². The lowest BCUT2D eigenvalue weighted by Crippen LogP contribution is -2.34. The molecule has 0 aromatic heterocycles. The van der Waals surface area contributed by atoms with E-state index in [-0.39, 0.29) is 29.7 Å². The van der Waals surface area contributed by atoms with Crippen molar-refractivity contribution in [3.8, 4) is 5.75 Å². The molecule has 7 nitrogen and oxygen atoms in total. The molecule has 32 heavy (non-hydrogen) atoms. The van der Waals surface area contributed by atoms with Crippen LogP contribution in [-0.2, 0) is 19.1 Å². The Balaban J connectivity index is 1.16. The summed E-state index contributed by atoms with van der Waals surface area (Å²) >= 11 is 0. The fourth-order valence-electron chi connectivity index (χ4n) is 5.21. The van der Waals surface area contributed by atoms with Crippen LogP contribution in [0.4, 0.5) is 0 Å². The lowest BCUT2D eigenvalue weighted by atomic mass is 9.80. The summed E-state index contributed by atoms with van der Waals surface area (Å²) in [5.41, 5.74) is 1.81. The zero-order chi connectivity index (χ0) is 22.4. The Morgan fingerprint density at radius 1 is 0.969 bits per heavy atom. The summed E-state index contributed by atoms with van der Waals surface area (Å²) in [6, 6.07) is 13.1. The fourth-order valence-corrected chi connectivity index (χ4v) is 5.21.